The lowest BCUT2D eigenvalue weighted by molar-refractivity contribution is -0.117. The van der Waals surface area contributed by atoms with Crippen LogP contribution in [0.25, 0.3) is 6.08 Å². The van der Waals surface area contributed by atoms with Gasteiger partial charge in [0, 0.05) is 6.08 Å². The molecule has 0 radical (unpaired) electrons. The smallest absolute Gasteiger partial charge is 0.244 e. The molecular weight excluding hydrogens is 352 g/mol. The Balaban J connectivity index is 2.02. The molecule has 0 aliphatic carbocycles. The lowest BCUT2D eigenvalue weighted by Crippen LogP contribution is -2.24. The summed E-state index contributed by atoms with van der Waals surface area (Å²) in [5, 5.41) is 11.8. The minimum absolute atomic E-state index is 0.159. The highest BCUT2D eigenvalue weighted by Crippen LogP contribution is 2.29. The number of nitrogens with one attached hydrogen (secondary N) is 1. The van der Waals surface area contributed by atoms with Crippen molar-refractivity contribution in [1.82, 2.24) is 5.32 Å². The van der Waals surface area contributed by atoms with E-state index in [9.17, 15) is 4.79 Å². The second-order valence-corrected chi connectivity index (χ2v) is 6.29. The summed E-state index contributed by atoms with van der Waals surface area (Å²) >= 11 is 0. The van der Waals surface area contributed by atoms with Crippen molar-refractivity contribution in [3.05, 3.63) is 65.2 Å². The van der Waals surface area contributed by atoms with Crippen LogP contribution < -0.4 is 14.8 Å². The van der Waals surface area contributed by atoms with Gasteiger partial charge < -0.3 is 14.8 Å². The zero-order valence-corrected chi connectivity index (χ0v) is 16.6. The predicted octanol–water partition coefficient (Wildman–Crippen LogP) is 4.64. The van der Waals surface area contributed by atoms with Gasteiger partial charge in [0.1, 0.15) is 0 Å². The van der Waals surface area contributed by atoms with Gasteiger partial charge in [0.25, 0.3) is 0 Å². The third kappa shape index (κ3) is 6.17. The number of carbonyl (C=O) groups is 1. The molecule has 28 heavy (non-hydrogen) atoms. The molecule has 146 valence electrons. The Hall–Kier alpha value is -3.26. The van der Waals surface area contributed by atoms with Gasteiger partial charge in [-0.3, -0.25) is 4.79 Å². The zero-order valence-electron chi connectivity index (χ0n) is 16.6. The minimum Gasteiger partial charge on any atom is -0.490 e. The van der Waals surface area contributed by atoms with E-state index in [0.717, 1.165) is 17.5 Å². The van der Waals surface area contributed by atoms with Crippen molar-refractivity contribution in [2.45, 2.75) is 33.2 Å². The Bertz CT molecular complexity index is 851. The molecule has 0 bridgehead atoms. The average molecular weight is 378 g/mol. The molecule has 0 aliphatic heterocycles. The van der Waals surface area contributed by atoms with E-state index in [2.05, 4.69) is 18.3 Å². The largest absolute Gasteiger partial charge is 0.490 e. The van der Waals surface area contributed by atoms with Crippen molar-refractivity contribution < 1.29 is 14.3 Å². The van der Waals surface area contributed by atoms with Gasteiger partial charge in [0.2, 0.25) is 5.91 Å². The van der Waals surface area contributed by atoms with Crippen molar-refractivity contribution >= 4 is 12.0 Å². The molecule has 1 N–H and O–H groups in total. The van der Waals surface area contributed by atoms with E-state index in [0.29, 0.717) is 30.3 Å². The fraction of sp³-hybridized carbons (Fsp3) is 0.304. The van der Waals surface area contributed by atoms with Crippen molar-refractivity contribution in [2.75, 3.05) is 13.2 Å². The molecule has 5 nitrogen and oxygen atoms in total. The highest BCUT2D eigenvalue weighted by molar-refractivity contribution is 5.92. The van der Waals surface area contributed by atoms with Gasteiger partial charge in [-0.1, -0.05) is 25.1 Å². The van der Waals surface area contributed by atoms with E-state index in [1.54, 1.807) is 18.2 Å². The summed E-state index contributed by atoms with van der Waals surface area (Å²) < 4.78 is 11.3. The first-order chi connectivity index (χ1) is 13.6. The van der Waals surface area contributed by atoms with Gasteiger partial charge in [-0.2, -0.15) is 5.26 Å². The maximum absolute atomic E-state index is 12.2. The van der Waals surface area contributed by atoms with E-state index in [4.69, 9.17) is 14.7 Å². The molecule has 2 aromatic rings. The van der Waals surface area contributed by atoms with Gasteiger partial charge in [-0.25, -0.2) is 0 Å². The molecule has 0 saturated heterocycles. The third-order valence-electron chi connectivity index (χ3n) is 4.06. The van der Waals surface area contributed by atoms with Crippen molar-refractivity contribution in [3.63, 3.8) is 0 Å². The summed E-state index contributed by atoms with van der Waals surface area (Å²) in [4.78, 5) is 12.2. The number of hydrogen-bond acceptors (Lipinski definition) is 4. The fourth-order valence-electron chi connectivity index (χ4n) is 2.59. The van der Waals surface area contributed by atoms with Gasteiger partial charge >= 0.3 is 0 Å². The normalized spacial score (nSPS) is 11.6. The fourth-order valence-corrected chi connectivity index (χ4v) is 2.59. The molecule has 0 saturated carbocycles. The van der Waals surface area contributed by atoms with Crippen LogP contribution in [-0.2, 0) is 4.79 Å². The van der Waals surface area contributed by atoms with Crippen LogP contribution in [0.3, 0.4) is 0 Å². The Labute approximate surface area is 166 Å². The molecule has 0 aliphatic rings. The Morgan fingerprint density at radius 1 is 1.14 bits per heavy atom. The lowest BCUT2D eigenvalue weighted by Gasteiger charge is -2.13. The summed E-state index contributed by atoms with van der Waals surface area (Å²) in [6.07, 6.45) is 4.16. The van der Waals surface area contributed by atoms with Crippen LogP contribution in [0.1, 0.15) is 49.9 Å². The molecule has 1 unspecified atom stereocenters. The number of rotatable bonds is 9. The topological polar surface area (TPSA) is 71.3 Å². The van der Waals surface area contributed by atoms with Gasteiger partial charge in [0.05, 0.1) is 30.9 Å². The van der Waals surface area contributed by atoms with Gasteiger partial charge in [0.15, 0.2) is 11.5 Å². The molecule has 0 heterocycles. The second kappa shape index (κ2) is 10.8. The van der Waals surface area contributed by atoms with Crippen LogP contribution in [0.15, 0.2) is 48.5 Å². The number of benzene rings is 2. The summed E-state index contributed by atoms with van der Waals surface area (Å²) in [7, 11) is 0. The number of nitriles is 1. The number of carbonyl (C=O) groups excluding carboxylic acids is 1. The average Bonchev–Trinajstić information content (AvgIpc) is 2.71. The minimum atomic E-state index is -0.193. The van der Waals surface area contributed by atoms with Gasteiger partial charge in [-0.15, -0.1) is 0 Å². The van der Waals surface area contributed by atoms with Gasteiger partial charge in [-0.05, 0) is 61.7 Å². The first-order valence-electron chi connectivity index (χ1n) is 9.45. The Morgan fingerprint density at radius 3 is 2.54 bits per heavy atom. The Kier molecular flexibility index (Phi) is 8.11. The van der Waals surface area contributed by atoms with Crippen LogP contribution >= 0.6 is 0 Å². The molecule has 0 fully saturated rings. The van der Waals surface area contributed by atoms with Crippen molar-refractivity contribution in [2.24, 2.45) is 0 Å². The predicted molar refractivity (Wildman–Crippen MR) is 110 cm³/mol. The van der Waals surface area contributed by atoms with Crippen LogP contribution in [-0.4, -0.2) is 19.1 Å². The SMILES string of the molecule is CCCOc1ccc(/C=C/C(=O)NC(C)c2ccc(C#N)cc2)cc1OCC. The van der Waals surface area contributed by atoms with E-state index in [1.165, 1.54) is 6.08 Å². The van der Waals surface area contributed by atoms with Crippen molar-refractivity contribution in [3.8, 4) is 17.6 Å². The number of hydrogen-bond donors (Lipinski definition) is 1. The van der Waals surface area contributed by atoms with Crippen LogP contribution in [0.2, 0.25) is 0 Å². The third-order valence-corrected chi connectivity index (χ3v) is 4.06. The first kappa shape index (κ1) is 21.0. The zero-order chi connectivity index (χ0) is 20.4. The van der Waals surface area contributed by atoms with E-state index in [1.807, 2.05) is 44.2 Å². The first-order valence-corrected chi connectivity index (χ1v) is 9.45. The van der Waals surface area contributed by atoms with Crippen LogP contribution in [0, 0.1) is 11.3 Å². The lowest BCUT2D eigenvalue weighted by atomic mass is 10.1. The molecule has 0 spiro atoms. The highest BCUT2D eigenvalue weighted by atomic mass is 16.5. The maximum atomic E-state index is 12.2. The standard InChI is InChI=1S/C23H26N2O3/c1-4-14-28-21-12-8-18(15-22(21)27-5-2)9-13-23(26)25-17(3)20-10-6-19(16-24)7-11-20/h6-13,15,17H,4-5,14H2,1-3H3,(H,25,26)/b13-9+. The molecule has 5 heteroatoms. The Morgan fingerprint density at radius 2 is 1.89 bits per heavy atom. The summed E-state index contributed by atoms with van der Waals surface area (Å²) in [5.74, 6) is 1.19. The number of ether oxygens (including phenoxy) is 2. The summed E-state index contributed by atoms with van der Waals surface area (Å²) in [6.45, 7) is 7.04. The summed E-state index contributed by atoms with van der Waals surface area (Å²) in [6, 6.07) is 14.7. The quantitative estimate of drug-likeness (QED) is 0.646. The van der Waals surface area contributed by atoms with Crippen molar-refractivity contribution in [1.29, 1.82) is 5.26 Å². The molecule has 2 rings (SSSR count). The van der Waals surface area contributed by atoms with E-state index in [-0.39, 0.29) is 11.9 Å². The monoisotopic (exact) mass is 378 g/mol. The molecule has 2 aromatic carbocycles. The number of amides is 1. The maximum Gasteiger partial charge on any atom is 0.244 e. The van der Waals surface area contributed by atoms with Crippen LogP contribution in [0.5, 0.6) is 11.5 Å². The molecule has 0 aromatic heterocycles. The second-order valence-electron chi connectivity index (χ2n) is 6.29. The highest BCUT2D eigenvalue weighted by Gasteiger charge is 2.08. The molecular formula is C23H26N2O3. The molecule has 1 amide bonds. The number of nitrogens with zero attached hydrogens (tertiary/aromatic N) is 1. The van der Waals surface area contributed by atoms with E-state index >= 15 is 0 Å². The van der Waals surface area contributed by atoms with E-state index < -0.39 is 0 Å². The summed E-state index contributed by atoms with van der Waals surface area (Å²) in [5.41, 5.74) is 2.39. The van der Waals surface area contributed by atoms with Crippen LogP contribution in [0.4, 0.5) is 0 Å². The molecule has 1 atom stereocenters.